The Hall–Kier alpha value is -2.20. The number of rotatable bonds is 8. The number of amides is 1. The molecule has 2 aromatic heterocycles. The van der Waals surface area contributed by atoms with Crippen molar-refractivity contribution in [1.29, 1.82) is 0 Å². The number of carbonyl (C=O) groups is 1. The van der Waals surface area contributed by atoms with Crippen LogP contribution in [0.5, 0.6) is 0 Å². The van der Waals surface area contributed by atoms with Gasteiger partial charge in [-0.15, -0.1) is 11.3 Å². The normalized spacial score (nSPS) is 24.1. The summed E-state index contributed by atoms with van der Waals surface area (Å²) in [6.07, 6.45) is 11.4. The zero-order chi connectivity index (χ0) is 32.4. The molecule has 0 spiro atoms. The largest absolute Gasteiger partial charge is 0.346 e. The van der Waals surface area contributed by atoms with Gasteiger partial charge >= 0.3 is 0 Å². The molecule has 4 aliphatic rings. The summed E-state index contributed by atoms with van der Waals surface area (Å²) >= 11 is 1.77. The number of carbonyl (C=O) groups excluding carboxylic acids is 1. The molecule has 4 fully saturated rings. The highest BCUT2D eigenvalue weighted by Crippen LogP contribution is 2.45. The molecule has 1 N–H and O–H groups in total. The van der Waals surface area contributed by atoms with Gasteiger partial charge in [0.1, 0.15) is 4.83 Å². The summed E-state index contributed by atoms with van der Waals surface area (Å²) in [6.45, 7) is 13.2. The first-order chi connectivity index (χ1) is 21.9. The van der Waals surface area contributed by atoms with Crippen LogP contribution in [0, 0.1) is 25.7 Å². The van der Waals surface area contributed by atoms with Crippen molar-refractivity contribution in [1.82, 2.24) is 19.1 Å². The van der Waals surface area contributed by atoms with E-state index in [4.69, 9.17) is 0 Å². The summed E-state index contributed by atoms with van der Waals surface area (Å²) in [4.78, 5) is 25.1. The molecule has 0 unspecified atom stereocenters. The van der Waals surface area contributed by atoms with Gasteiger partial charge in [-0.25, -0.2) is 12.7 Å². The van der Waals surface area contributed by atoms with Crippen molar-refractivity contribution in [2.24, 2.45) is 11.8 Å². The molecular weight excluding hydrogens is 613 g/mol. The van der Waals surface area contributed by atoms with Gasteiger partial charge in [0, 0.05) is 42.0 Å². The maximum atomic E-state index is 14.0. The summed E-state index contributed by atoms with van der Waals surface area (Å²) in [5.74, 6) is 1.65. The van der Waals surface area contributed by atoms with Crippen LogP contribution in [0.1, 0.15) is 86.8 Å². The Morgan fingerprint density at radius 1 is 0.870 bits per heavy atom. The number of aromatic amines is 1. The first-order valence-electron chi connectivity index (χ1n) is 17.6. The molecule has 3 aromatic rings. The lowest BCUT2D eigenvalue weighted by molar-refractivity contribution is -0.137. The van der Waals surface area contributed by atoms with Crippen LogP contribution in [0.25, 0.3) is 21.5 Å². The summed E-state index contributed by atoms with van der Waals surface area (Å²) in [7, 11) is -3.07. The number of hydrogen-bond acceptors (Lipinski definition) is 5. The standard InChI is InChI=1S/C37H52N4O3S2/c1-24-20-25(2)22-28(21-24)34-31(14-17-39-15-10-26(11-16-39)27-12-18-40(19-13-27)46(5,43)44)32-23-33(45-35(32)38-34)37(3,4)36(42)41-29-6-7-30(41)9-8-29/h20-23,26-27,29-30,38H,6-19H2,1-5H3. The van der Waals surface area contributed by atoms with Crippen LogP contribution < -0.4 is 0 Å². The number of fused-ring (bicyclic) bond motifs is 3. The van der Waals surface area contributed by atoms with Crippen LogP contribution in [0.15, 0.2) is 24.3 Å². The molecular formula is C37H52N4O3S2. The maximum Gasteiger partial charge on any atom is 0.233 e. The van der Waals surface area contributed by atoms with E-state index in [9.17, 15) is 13.2 Å². The lowest BCUT2D eigenvalue weighted by Gasteiger charge is -2.39. The molecule has 7 rings (SSSR count). The molecule has 0 radical (unpaired) electrons. The lowest BCUT2D eigenvalue weighted by atomic mass is 9.79. The molecule has 1 amide bonds. The fraction of sp³-hybridized carbons (Fsp3) is 0.649. The van der Waals surface area contributed by atoms with Gasteiger partial charge in [-0.2, -0.15) is 0 Å². The highest BCUT2D eigenvalue weighted by molar-refractivity contribution is 7.88. The summed E-state index contributed by atoms with van der Waals surface area (Å²) in [5.41, 5.74) is 5.87. The molecule has 0 aliphatic carbocycles. The van der Waals surface area contributed by atoms with E-state index in [1.165, 1.54) is 87.8 Å². The van der Waals surface area contributed by atoms with Crippen molar-refractivity contribution < 1.29 is 13.2 Å². The number of piperidine rings is 2. The van der Waals surface area contributed by atoms with Crippen molar-refractivity contribution in [3.63, 3.8) is 0 Å². The van der Waals surface area contributed by atoms with Crippen molar-refractivity contribution in [3.05, 3.63) is 45.8 Å². The number of likely N-dealkylation sites (tertiary alicyclic amines) is 1. The Morgan fingerprint density at radius 3 is 2.00 bits per heavy atom. The number of aromatic nitrogens is 1. The van der Waals surface area contributed by atoms with Gasteiger partial charge in [-0.05, 0) is 140 Å². The molecule has 2 bridgehead atoms. The van der Waals surface area contributed by atoms with E-state index < -0.39 is 15.4 Å². The third-order valence-corrected chi connectivity index (χ3v) is 14.6. The van der Waals surface area contributed by atoms with Gasteiger partial charge < -0.3 is 14.8 Å². The minimum absolute atomic E-state index is 0.308. The van der Waals surface area contributed by atoms with Crippen LogP contribution in [0.3, 0.4) is 0 Å². The predicted molar refractivity (Wildman–Crippen MR) is 189 cm³/mol. The molecule has 0 saturated carbocycles. The van der Waals surface area contributed by atoms with Crippen molar-refractivity contribution in [3.8, 4) is 11.3 Å². The second kappa shape index (κ2) is 12.4. The molecule has 0 atom stereocenters. The Morgan fingerprint density at radius 2 is 1.43 bits per heavy atom. The average Bonchev–Trinajstić information content (AvgIpc) is 3.80. The number of hydrogen-bond donors (Lipinski definition) is 1. The molecule has 46 heavy (non-hydrogen) atoms. The van der Waals surface area contributed by atoms with E-state index in [1.54, 1.807) is 15.6 Å². The number of nitrogens with one attached hydrogen (secondary N) is 1. The van der Waals surface area contributed by atoms with Gasteiger partial charge in [0.25, 0.3) is 0 Å². The molecule has 1 aromatic carbocycles. The Kier molecular flexibility index (Phi) is 8.69. The summed E-state index contributed by atoms with van der Waals surface area (Å²) in [5, 5.41) is 1.28. The number of H-pyrrole nitrogens is 1. The van der Waals surface area contributed by atoms with E-state index in [1.807, 2.05) is 0 Å². The van der Waals surface area contributed by atoms with Crippen LogP contribution in [-0.4, -0.2) is 84.5 Å². The fourth-order valence-electron chi connectivity index (χ4n) is 9.23. The highest BCUT2D eigenvalue weighted by atomic mass is 32.2. The molecule has 4 aliphatic heterocycles. The van der Waals surface area contributed by atoms with E-state index >= 15 is 0 Å². The van der Waals surface area contributed by atoms with Gasteiger partial charge in [0.2, 0.25) is 15.9 Å². The highest BCUT2D eigenvalue weighted by Gasteiger charge is 2.47. The van der Waals surface area contributed by atoms with E-state index in [-0.39, 0.29) is 0 Å². The fourth-order valence-corrected chi connectivity index (χ4v) is 11.3. The zero-order valence-electron chi connectivity index (χ0n) is 28.4. The number of sulfonamides is 1. The number of nitrogens with zero attached hydrogens (tertiary/aromatic N) is 3. The smallest absolute Gasteiger partial charge is 0.233 e. The Labute approximate surface area is 279 Å². The summed E-state index contributed by atoms with van der Waals surface area (Å²) in [6, 6.07) is 10.0. The first kappa shape index (κ1) is 32.4. The van der Waals surface area contributed by atoms with Crippen LogP contribution >= 0.6 is 11.3 Å². The second-order valence-corrected chi connectivity index (χ2v) is 18.5. The first-order valence-corrected chi connectivity index (χ1v) is 20.3. The number of benzene rings is 1. The van der Waals surface area contributed by atoms with E-state index in [0.717, 1.165) is 38.9 Å². The molecule has 6 heterocycles. The Balaban J connectivity index is 1.09. The second-order valence-electron chi connectivity index (χ2n) is 15.4. The minimum Gasteiger partial charge on any atom is -0.346 e. The van der Waals surface area contributed by atoms with Gasteiger partial charge in [-0.3, -0.25) is 4.79 Å². The van der Waals surface area contributed by atoms with E-state index in [2.05, 4.69) is 66.7 Å². The molecule has 250 valence electrons. The molecule has 4 saturated heterocycles. The van der Waals surface area contributed by atoms with Crippen molar-refractivity contribution in [2.45, 2.75) is 103 Å². The Bertz CT molecular complexity index is 1670. The monoisotopic (exact) mass is 664 g/mol. The molecule has 7 nitrogen and oxygen atoms in total. The predicted octanol–water partition coefficient (Wildman–Crippen LogP) is 6.87. The topological polar surface area (TPSA) is 76.7 Å². The van der Waals surface area contributed by atoms with Crippen LogP contribution in [0.2, 0.25) is 0 Å². The van der Waals surface area contributed by atoms with Crippen molar-refractivity contribution in [2.75, 3.05) is 39.0 Å². The van der Waals surface area contributed by atoms with Gasteiger partial charge in [0.05, 0.1) is 17.4 Å². The quantitative estimate of drug-likeness (QED) is 0.285. The maximum absolute atomic E-state index is 14.0. The van der Waals surface area contributed by atoms with Crippen LogP contribution in [-0.2, 0) is 26.7 Å². The van der Waals surface area contributed by atoms with Gasteiger partial charge in [0.15, 0.2) is 0 Å². The SMILES string of the molecule is Cc1cc(C)cc(-c2[nH]c3sc(C(C)(C)C(=O)N4C5CCC4CC5)cc3c2CCN2CCC(C3CCN(S(C)(=O)=O)CC3)CC2)c1. The molecule has 9 heteroatoms. The minimum atomic E-state index is -3.07. The van der Waals surface area contributed by atoms with Gasteiger partial charge in [-0.1, -0.05) is 17.2 Å². The van der Waals surface area contributed by atoms with E-state index in [0.29, 0.717) is 42.9 Å². The summed E-state index contributed by atoms with van der Waals surface area (Å²) < 4.78 is 25.6. The number of aryl methyl sites for hydroxylation is 2. The number of thiophene rings is 1. The zero-order valence-corrected chi connectivity index (χ0v) is 30.0. The third kappa shape index (κ3) is 6.10. The van der Waals surface area contributed by atoms with Crippen molar-refractivity contribution >= 4 is 37.5 Å². The lowest BCUT2D eigenvalue weighted by Crippen LogP contribution is -2.45. The van der Waals surface area contributed by atoms with Crippen LogP contribution in [0.4, 0.5) is 0 Å². The third-order valence-electron chi connectivity index (χ3n) is 11.9. The average molecular weight is 665 g/mol.